The second-order valence-corrected chi connectivity index (χ2v) is 10.7. The molecule has 0 spiro atoms. The van der Waals surface area contributed by atoms with Gasteiger partial charge in [-0.15, -0.1) is 0 Å². The van der Waals surface area contributed by atoms with E-state index in [4.69, 9.17) is 30.4 Å². The van der Waals surface area contributed by atoms with Crippen LogP contribution in [0.3, 0.4) is 0 Å². The number of benzene rings is 6. The van der Waals surface area contributed by atoms with Crippen LogP contribution in [0.15, 0.2) is 146 Å². The Morgan fingerprint density at radius 3 is 1.22 bits per heavy atom. The molecule has 6 nitrogen and oxygen atoms in total. The van der Waals surface area contributed by atoms with Gasteiger partial charge in [0, 0.05) is 12.1 Å². The Hall–Kier alpha value is -5.56. The third-order valence-corrected chi connectivity index (χ3v) is 8.11. The first kappa shape index (κ1) is 28.2. The zero-order valence-corrected chi connectivity index (χ0v) is 24.6. The lowest BCUT2D eigenvalue weighted by Gasteiger charge is -2.34. The molecule has 6 aromatic rings. The number of nitrogens with two attached hydrogens (primary N) is 2. The highest BCUT2D eigenvalue weighted by atomic mass is 16.5. The van der Waals surface area contributed by atoms with Gasteiger partial charge in [-0.3, -0.25) is 11.5 Å². The van der Waals surface area contributed by atoms with Crippen LogP contribution in [0.1, 0.15) is 22.3 Å². The van der Waals surface area contributed by atoms with E-state index in [1.54, 1.807) is 0 Å². The zero-order valence-electron chi connectivity index (χ0n) is 24.6. The minimum Gasteiger partial charge on any atom is -0.478 e. The van der Waals surface area contributed by atoms with Crippen molar-refractivity contribution in [2.24, 2.45) is 11.5 Å². The maximum atomic E-state index is 6.20. The fourth-order valence-electron chi connectivity index (χ4n) is 6.29. The van der Waals surface area contributed by atoms with Crippen molar-refractivity contribution in [3.05, 3.63) is 168 Å². The van der Waals surface area contributed by atoms with Crippen molar-refractivity contribution in [1.82, 2.24) is 0 Å². The van der Waals surface area contributed by atoms with Crippen LogP contribution >= 0.6 is 0 Å². The summed E-state index contributed by atoms with van der Waals surface area (Å²) in [6.45, 7) is 0.209. The van der Waals surface area contributed by atoms with Crippen molar-refractivity contribution in [2.45, 2.75) is 5.41 Å². The summed E-state index contributed by atoms with van der Waals surface area (Å²) in [6, 6.07) is 48.9. The first-order valence-corrected chi connectivity index (χ1v) is 14.8. The minimum absolute atomic E-state index is 0.104. The normalized spacial score (nSPS) is 12.6. The van der Waals surface area contributed by atoms with Gasteiger partial charge in [0.15, 0.2) is 0 Å². The maximum Gasteiger partial charge on any atom is 0.137 e. The molecule has 1 aliphatic rings. The Labute approximate surface area is 262 Å². The van der Waals surface area contributed by atoms with E-state index in [0.717, 1.165) is 22.6 Å². The molecular weight excluding hydrogens is 560 g/mol. The molecular formula is C39H32N2O4. The number of hydrogen-bond donors (Lipinski definition) is 2. The van der Waals surface area contributed by atoms with E-state index >= 15 is 0 Å². The average Bonchev–Trinajstić information content (AvgIpc) is 3.37. The quantitative estimate of drug-likeness (QED) is 0.156. The number of hydrogen-bond acceptors (Lipinski definition) is 6. The molecule has 0 saturated heterocycles. The minimum atomic E-state index is -0.548. The summed E-state index contributed by atoms with van der Waals surface area (Å²) in [7, 11) is 0. The van der Waals surface area contributed by atoms with Gasteiger partial charge < -0.3 is 18.9 Å². The molecule has 4 N–H and O–H groups in total. The van der Waals surface area contributed by atoms with Crippen LogP contribution in [-0.2, 0) is 5.41 Å². The summed E-state index contributed by atoms with van der Waals surface area (Å²) < 4.78 is 23.3. The Kier molecular flexibility index (Phi) is 7.66. The molecule has 0 saturated carbocycles. The van der Waals surface area contributed by atoms with Crippen LogP contribution in [0.4, 0.5) is 0 Å². The largest absolute Gasteiger partial charge is 0.478 e. The Balaban J connectivity index is 1.29. The number of rotatable bonds is 10. The van der Waals surface area contributed by atoms with E-state index < -0.39 is 5.41 Å². The fourth-order valence-corrected chi connectivity index (χ4v) is 6.29. The van der Waals surface area contributed by atoms with E-state index in [1.807, 2.05) is 72.8 Å². The zero-order chi connectivity index (χ0) is 30.6. The first-order valence-electron chi connectivity index (χ1n) is 14.8. The van der Waals surface area contributed by atoms with Gasteiger partial charge in [0.2, 0.25) is 0 Å². The second kappa shape index (κ2) is 12.2. The lowest BCUT2D eigenvalue weighted by atomic mass is 9.68. The molecule has 0 heterocycles. The molecule has 0 atom stereocenters. The molecule has 222 valence electrons. The van der Waals surface area contributed by atoms with Gasteiger partial charge in [-0.1, -0.05) is 84.9 Å². The van der Waals surface area contributed by atoms with Crippen molar-refractivity contribution in [1.29, 1.82) is 0 Å². The van der Waals surface area contributed by atoms with E-state index in [1.165, 1.54) is 22.3 Å². The third-order valence-electron chi connectivity index (χ3n) is 8.11. The van der Waals surface area contributed by atoms with Gasteiger partial charge in [0.05, 0.1) is 5.41 Å². The summed E-state index contributed by atoms with van der Waals surface area (Å²) in [4.78, 5) is 0. The van der Waals surface area contributed by atoms with Crippen molar-refractivity contribution in [3.8, 4) is 45.6 Å². The van der Waals surface area contributed by atoms with Gasteiger partial charge in [-0.25, -0.2) is 0 Å². The second-order valence-electron chi connectivity index (χ2n) is 10.7. The summed E-state index contributed by atoms with van der Waals surface area (Å²) >= 11 is 0. The molecule has 0 bridgehead atoms. The Morgan fingerprint density at radius 1 is 0.400 bits per heavy atom. The van der Waals surface area contributed by atoms with Gasteiger partial charge in [0.25, 0.3) is 0 Å². The van der Waals surface area contributed by atoms with Gasteiger partial charge in [-0.2, -0.15) is 0 Å². The molecule has 0 fully saturated rings. The topological polar surface area (TPSA) is 89.0 Å². The summed E-state index contributed by atoms with van der Waals surface area (Å²) in [5.74, 6) is 4.12. The van der Waals surface area contributed by atoms with E-state index in [-0.39, 0.29) is 13.5 Å². The molecule has 0 amide bonds. The third kappa shape index (κ3) is 5.27. The smallest absolute Gasteiger partial charge is 0.137 e. The van der Waals surface area contributed by atoms with Crippen molar-refractivity contribution < 1.29 is 18.9 Å². The van der Waals surface area contributed by atoms with E-state index in [2.05, 4.69) is 72.8 Å². The molecule has 0 aliphatic heterocycles. The van der Waals surface area contributed by atoms with Crippen molar-refractivity contribution in [2.75, 3.05) is 13.5 Å². The van der Waals surface area contributed by atoms with Crippen LogP contribution in [-0.4, -0.2) is 13.5 Å². The standard InChI is InChI=1S/C39H32N2O4/c40-25-42-31-7-5-9-33(23-31)44-29-19-15-27(16-20-29)39(37-13-3-1-11-35(37)36-12-2-4-14-38(36)39)28-17-21-30(22-18-28)45-34-10-6-8-32(24-34)43-26-41/h1-24H,25-26,40-41H2. The molecule has 0 aromatic heterocycles. The summed E-state index contributed by atoms with van der Waals surface area (Å²) in [6.07, 6.45) is 0. The maximum absolute atomic E-state index is 6.20. The molecule has 45 heavy (non-hydrogen) atoms. The molecule has 6 aromatic carbocycles. The summed E-state index contributed by atoms with van der Waals surface area (Å²) in [5, 5.41) is 0. The predicted octanol–water partition coefficient (Wildman–Crippen LogP) is 8.22. The average molecular weight is 593 g/mol. The van der Waals surface area contributed by atoms with Gasteiger partial charge in [0.1, 0.15) is 48.0 Å². The van der Waals surface area contributed by atoms with Crippen LogP contribution in [0.5, 0.6) is 34.5 Å². The van der Waals surface area contributed by atoms with Crippen LogP contribution < -0.4 is 30.4 Å². The lowest BCUT2D eigenvalue weighted by Crippen LogP contribution is -2.28. The first-order chi connectivity index (χ1) is 22.2. The number of fused-ring (bicyclic) bond motifs is 3. The van der Waals surface area contributed by atoms with Crippen LogP contribution in [0.2, 0.25) is 0 Å². The van der Waals surface area contributed by atoms with Gasteiger partial charge >= 0.3 is 0 Å². The van der Waals surface area contributed by atoms with Crippen LogP contribution in [0.25, 0.3) is 11.1 Å². The molecule has 6 heteroatoms. The van der Waals surface area contributed by atoms with Gasteiger partial charge in [-0.05, 0) is 81.9 Å². The highest BCUT2D eigenvalue weighted by Crippen LogP contribution is 2.56. The Morgan fingerprint density at radius 2 is 0.800 bits per heavy atom. The van der Waals surface area contributed by atoms with E-state index in [9.17, 15) is 0 Å². The fraction of sp³-hybridized carbons (Fsp3) is 0.0769. The van der Waals surface area contributed by atoms with E-state index in [0.29, 0.717) is 23.0 Å². The highest BCUT2D eigenvalue weighted by molar-refractivity contribution is 5.86. The monoisotopic (exact) mass is 592 g/mol. The molecule has 0 radical (unpaired) electrons. The van der Waals surface area contributed by atoms with Crippen LogP contribution in [0, 0.1) is 0 Å². The molecule has 1 aliphatic carbocycles. The van der Waals surface area contributed by atoms with Crippen molar-refractivity contribution in [3.63, 3.8) is 0 Å². The molecule has 0 unspecified atom stereocenters. The van der Waals surface area contributed by atoms with Crippen molar-refractivity contribution >= 4 is 0 Å². The highest BCUT2D eigenvalue weighted by Gasteiger charge is 2.45. The predicted molar refractivity (Wildman–Crippen MR) is 176 cm³/mol. The number of ether oxygens (including phenoxy) is 4. The Bertz CT molecular complexity index is 1790. The lowest BCUT2D eigenvalue weighted by molar-refractivity contribution is 0.327. The summed E-state index contributed by atoms with van der Waals surface area (Å²) in [5.41, 5.74) is 17.7. The molecule has 7 rings (SSSR count). The SMILES string of the molecule is NCOc1cccc(Oc2ccc(C3(c4ccc(Oc5cccc(OCN)c5)cc4)c4ccccc4-c4ccccc43)cc2)c1.